The van der Waals surface area contributed by atoms with Crippen molar-refractivity contribution < 1.29 is 17.9 Å². The first-order chi connectivity index (χ1) is 15.8. The van der Waals surface area contributed by atoms with Gasteiger partial charge in [0.15, 0.2) is 5.69 Å². The number of alkyl halides is 3. The van der Waals surface area contributed by atoms with Crippen molar-refractivity contribution in [3.05, 3.63) is 71.6 Å². The minimum atomic E-state index is -4.46. The summed E-state index contributed by atoms with van der Waals surface area (Å²) < 4.78 is 45.7. The second-order valence-electron chi connectivity index (χ2n) is 8.27. The van der Waals surface area contributed by atoms with Crippen LogP contribution in [0.15, 0.2) is 49.1 Å². The number of methoxy groups -OCH3 is 1. The molecule has 0 atom stereocenters. The van der Waals surface area contributed by atoms with Gasteiger partial charge in [-0.3, -0.25) is 0 Å². The van der Waals surface area contributed by atoms with E-state index in [4.69, 9.17) is 4.74 Å². The van der Waals surface area contributed by atoms with E-state index in [0.29, 0.717) is 23.8 Å². The highest BCUT2D eigenvalue weighted by atomic mass is 19.4. The van der Waals surface area contributed by atoms with Crippen LogP contribution in [0.25, 0.3) is 22.6 Å². The van der Waals surface area contributed by atoms with Crippen molar-refractivity contribution in [3.8, 4) is 28.5 Å². The van der Waals surface area contributed by atoms with E-state index < -0.39 is 11.9 Å². The Hall–Kier alpha value is -3.62. The Kier molecular flexibility index (Phi) is 5.19. The smallest absolute Gasteiger partial charge is 0.434 e. The molecule has 33 heavy (non-hydrogen) atoms. The number of aryl methyl sites for hydroxylation is 1. The van der Waals surface area contributed by atoms with Gasteiger partial charge in [-0.25, -0.2) is 15.0 Å². The van der Waals surface area contributed by atoms with Crippen molar-refractivity contribution >= 4 is 0 Å². The Labute approximate surface area is 188 Å². The second-order valence-corrected chi connectivity index (χ2v) is 8.27. The van der Waals surface area contributed by atoms with Crippen molar-refractivity contribution in [2.24, 2.45) is 7.05 Å². The lowest BCUT2D eigenvalue weighted by atomic mass is 10.0. The lowest BCUT2D eigenvalue weighted by Gasteiger charge is -2.10. The van der Waals surface area contributed by atoms with E-state index in [0.717, 1.165) is 47.1 Å². The number of hydrogen-bond acceptors (Lipinski definition) is 4. The molecule has 0 radical (unpaired) electrons. The SMILES string of the molecule is COc1ncnc(C2CC2)c1-c1cc(Cc2ccc(-c3nc(C(F)(F)F)cn3C)cc2)c[nH]1. The number of halogens is 3. The van der Waals surface area contributed by atoms with Crippen LogP contribution in [-0.4, -0.2) is 31.6 Å². The summed E-state index contributed by atoms with van der Waals surface area (Å²) in [6, 6.07) is 9.47. The van der Waals surface area contributed by atoms with Crippen LogP contribution in [0.5, 0.6) is 5.88 Å². The molecule has 0 bridgehead atoms. The van der Waals surface area contributed by atoms with Gasteiger partial charge in [-0.1, -0.05) is 24.3 Å². The van der Waals surface area contributed by atoms with Crippen molar-refractivity contribution in [3.63, 3.8) is 0 Å². The molecular weight excluding hydrogens is 431 g/mol. The molecular formula is C24H22F3N5O. The minimum Gasteiger partial charge on any atom is -0.480 e. The van der Waals surface area contributed by atoms with E-state index in [-0.39, 0.29) is 5.82 Å². The van der Waals surface area contributed by atoms with Crippen LogP contribution < -0.4 is 4.74 Å². The molecule has 4 aromatic rings. The summed E-state index contributed by atoms with van der Waals surface area (Å²) >= 11 is 0. The minimum absolute atomic E-state index is 0.279. The summed E-state index contributed by atoms with van der Waals surface area (Å²) in [5.41, 5.74) is 4.66. The maximum atomic E-state index is 13.0. The highest BCUT2D eigenvalue weighted by Crippen LogP contribution is 2.45. The summed E-state index contributed by atoms with van der Waals surface area (Å²) in [4.78, 5) is 15.8. The third-order valence-corrected chi connectivity index (χ3v) is 5.80. The normalized spacial score (nSPS) is 14.0. The first kappa shape index (κ1) is 21.2. The molecule has 0 saturated heterocycles. The number of rotatable bonds is 6. The van der Waals surface area contributed by atoms with Gasteiger partial charge in [-0.15, -0.1) is 0 Å². The predicted molar refractivity (Wildman–Crippen MR) is 117 cm³/mol. The number of nitrogens with zero attached hydrogens (tertiary/aromatic N) is 4. The Morgan fingerprint density at radius 1 is 1.12 bits per heavy atom. The lowest BCUT2D eigenvalue weighted by Crippen LogP contribution is -2.04. The Balaban J connectivity index is 1.37. The molecule has 1 aromatic carbocycles. The first-order valence-electron chi connectivity index (χ1n) is 10.6. The molecule has 0 aliphatic heterocycles. The van der Waals surface area contributed by atoms with E-state index in [1.807, 2.05) is 18.3 Å². The van der Waals surface area contributed by atoms with E-state index in [9.17, 15) is 13.2 Å². The number of hydrogen-bond donors (Lipinski definition) is 1. The summed E-state index contributed by atoms with van der Waals surface area (Å²) in [6.07, 6.45) is 2.93. The maximum Gasteiger partial charge on any atom is 0.434 e. The predicted octanol–water partition coefficient (Wildman–Crippen LogP) is 5.37. The Morgan fingerprint density at radius 2 is 1.88 bits per heavy atom. The molecule has 0 spiro atoms. The standard InChI is InChI=1S/C24H22F3N5O/c1-32-12-19(24(25,26)27)31-22(32)17-5-3-14(4-6-17)9-15-10-18(28-11-15)20-21(16-7-8-16)29-13-30-23(20)33-2/h3-6,10-13,16,28H,7-9H2,1-2H3. The highest BCUT2D eigenvalue weighted by molar-refractivity contribution is 5.70. The summed E-state index contributed by atoms with van der Waals surface area (Å²) in [5, 5.41) is 0. The number of ether oxygens (including phenoxy) is 1. The molecule has 5 rings (SSSR count). The molecule has 170 valence electrons. The van der Waals surface area contributed by atoms with E-state index in [2.05, 4.69) is 26.0 Å². The summed E-state index contributed by atoms with van der Waals surface area (Å²) in [5.74, 6) is 1.28. The van der Waals surface area contributed by atoms with Crippen LogP contribution in [0, 0.1) is 0 Å². The van der Waals surface area contributed by atoms with Gasteiger partial charge in [0.1, 0.15) is 12.2 Å². The molecule has 3 aromatic heterocycles. The third-order valence-electron chi connectivity index (χ3n) is 5.80. The molecule has 6 nitrogen and oxygen atoms in total. The van der Waals surface area contributed by atoms with Crippen LogP contribution in [0.4, 0.5) is 13.2 Å². The maximum absolute atomic E-state index is 13.0. The van der Waals surface area contributed by atoms with Gasteiger partial charge < -0.3 is 14.3 Å². The van der Waals surface area contributed by atoms with Crippen molar-refractivity contribution in [2.75, 3.05) is 7.11 Å². The molecule has 0 unspecified atom stereocenters. The molecule has 1 saturated carbocycles. The number of nitrogens with one attached hydrogen (secondary N) is 1. The van der Waals surface area contributed by atoms with Crippen molar-refractivity contribution in [1.29, 1.82) is 0 Å². The number of imidazole rings is 1. The van der Waals surface area contributed by atoms with Gasteiger partial charge in [-0.05, 0) is 36.5 Å². The summed E-state index contributed by atoms with van der Waals surface area (Å²) in [6.45, 7) is 0. The lowest BCUT2D eigenvalue weighted by molar-refractivity contribution is -0.140. The van der Waals surface area contributed by atoms with Crippen LogP contribution >= 0.6 is 0 Å². The molecule has 1 aliphatic rings. The topological polar surface area (TPSA) is 68.6 Å². The van der Waals surface area contributed by atoms with Crippen LogP contribution in [0.2, 0.25) is 0 Å². The van der Waals surface area contributed by atoms with Crippen molar-refractivity contribution in [1.82, 2.24) is 24.5 Å². The van der Waals surface area contributed by atoms with E-state index >= 15 is 0 Å². The van der Waals surface area contributed by atoms with Crippen LogP contribution in [-0.2, 0) is 19.6 Å². The van der Waals surface area contributed by atoms with Crippen LogP contribution in [0.1, 0.15) is 41.3 Å². The number of benzene rings is 1. The molecule has 3 heterocycles. The molecule has 9 heteroatoms. The van der Waals surface area contributed by atoms with Gasteiger partial charge in [0.25, 0.3) is 0 Å². The molecule has 0 amide bonds. The zero-order valence-electron chi connectivity index (χ0n) is 18.1. The number of H-pyrrole nitrogens is 1. The average Bonchev–Trinajstić information content (AvgIpc) is 3.41. The fourth-order valence-corrected chi connectivity index (χ4v) is 4.02. The van der Waals surface area contributed by atoms with Gasteiger partial charge in [0, 0.05) is 30.9 Å². The Bertz CT molecular complexity index is 1290. The largest absolute Gasteiger partial charge is 0.480 e. The third kappa shape index (κ3) is 4.22. The van der Waals surface area contributed by atoms with Gasteiger partial charge in [0.2, 0.25) is 5.88 Å². The van der Waals surface area contributed by atoms with E-state index in [1.165, 1.54) is 4.57 Å². The first-order valence-corrected chi connectivity index (χ1v) is 10.6. The van der Waals surface area contributed by atoms with E-state index in [1.54, 1.807) is 32.6 Å². The fourth-order valence-electron chi connectivity index (χ4n) is 4.02. The second kappa shape index (κ2) is 8.06. The highest BCUT2D eigenvalue weighted by Gasteiger charge is 2.34. The van der Waals surface area contributed by atoms with Gasteiger partial charge >= 0.3 is 6.18 Å². The zero-order valence-corrected chi connectivity index (χ0v) is 18.1. The molecule has 1 aliphatic carbocycles. The van der Waals surface area contributed by atoms with Gasteiger partial charge in [-0.2, -0.15) is 13.2 Å². The van der Waals surface area contributed by atoms with Gasteiger partial charge in [0.05, 0.1) is 24.1 Å². The number of aromatic nitrogens is 5. The van der Waals surface area contributed by atoms with Crippen molar-refractivity contribution in [2.45, 2.75) is 31.4 Å². The average molecular weight is 453 g/mol. The number of aromatic amines is 1. The quantitative estimate of drug-likeness (QED) is 0.426. The Morgan fingerprint density at radius 3 is 2.52 bits per heavy atom. The fraction of sp³-hybridized carbons (Fsp3) is 0.292. The molecule has 1 fully saturated rings. The summed E-state index contributed by atoms with van der Waals surface area (Å²) in [7, 11) is 3.16. The monoisotopic (exact) mass is 453 g/mol. The molecule has 1 N–H and O–H groups in total. The van der Waals surface area contributed by atoms with Crippen LogP contribution in [0.3, 0.4) is 0 Å². The zero-order chi connectivity index (χ0) is 23.2.